The second-order valence-electron chi connectivity index (χ2n) is 5.30. The summed E-state index contributed by atoms with van der Waals surface area (Å²) in [6.07, 6.45) is 1.46. The van der Waals surface area contributed by atoms with Crippen LogP contribution < -0.4 is 10.3 Å². The van der Waals surface area contributed by atoms with Gasteiger partial charge in [0.15, 0.2) is 0 Å². The van der Waals surface area contributed by atoms with E-state index in [0.717, 1.165) is 5.56 Å². The highest BCUT2D eigenvalue weighted by molar-refractivity contribution is 5.90. The summed E-state index contributed by atoms with van der Waals surface area (Å²) in [5.41, 5.74) is 2.15. The highest BCUT2D eigenvalue weighted by Gasteiger charge is 2.12. The first kappa shape index (κ1) is 15.7. The molecule has 0 atom stereocenters. The highest BCUT2D eigenvalue weighted by Crippen LogP contribution is 2.19. The molecule has 0 unspecified atom stereocenters. The molecule has 0 radical (unpaired) electrons. The van der Waals surface area contributed by atoms with E-state index in [-0.39, 0.29) is 5.56 Å². The van der Waals surface area contributed by atoms with E-state index in [1.165, 1.54) is 18.0 Å². The third-order valence-electron chi connectivity index (χ3n) is 3.85. The molecule has 24 heavy (non-hydrogen) atoms. The fourth-order valence-electron chi connectivity index (χ4n) is 2.51. The van der Waals surface area contributed by atoms with E-state index >= 15 is 0 Å². The van der Waals surface area contributed by atoms with E-state index < -0.39 is 5.97 Å². The van der Waals surface area contributed by atoms with Crippen LogP contribution in [0.5, 0.6) is 5.75 Å². The summed E-state index contributed by atoms with van der Waals surface area (Å²) in [6, 6.07) is 10.2. The first-order valence-corrected chi connectivity index (χ1v) is 7.30. The Morgan fingerprint density at radius 3 is 2.62 bits per heavy atom. The van der Waals surface area contributed by atoms with Crippen molar-refractivity contribution in [1.29, 1.82) is 0 Å². The quantitative estimate of drug-likeness (QED) is 0.692. The first-order chi connectivity index (χ1) is 11.5. The van der Waals surface area contributed by atoms with Gasteiger partial charge in [0.25, 0.3) is 5.56 Å². The molecular weight excluding hydrogens is 308 g/mol. The van der Waals surface area contributed by atoms with Crippen LogP contribution in [0.25, 0.3) is 16.6 Å². The minimum absolute atomic E-state index is 0.232. The summed E-state index contributed by atoms with van der Waals surface area (Å²) in [5, 5.41) is 0.444. The number of fused-ring (bicyclic) bond motifs is 1. The topological polar surface area (TPSA) is 70.4 Å². The van der Waals surface area contributed by atoms with Gasteiger partial charge in [-0.1, -0.05) is 6.07 Å². The molecule has 1 aromatic heterocycles. The summed E-state index contributed by atoms with van der Waals surface area (Å²) >= 11 is 0. The van der Waals surface area contributed by atoms with Gasteiger partial charge < -0.3 is 9.47 Å². The van der Waals surface area contributed by atoms with Gasteiger partial charge in [0.05, 0.1) is 36.4 Å². The van der Waals surface area contributed by atoms with E-state index in [9.17, 15) is 9.59 Å². The van der Waals surface area contributed by atoms with Gasteiger partial charge in [-0.2, -0.15) is 0 Å². The summed E-state index contributed by atoms with van der Waals surface area (Å²) in [6.45, 7) is 1.86. The molecule has 0 saturated carbocycles. The number of aryl methyl sites for hydroxylation is 1. The number of methoxy groups -OCH3 is 2. The number of esters is 1. The molecule has 6 heteroatoms. The summed E-state index contributed by atoms with van der Waals surface area (Å²) in [5.74, 6) is 0.124. The lowest BCUT2D eigenvalue weighted by molar-refractivity contribution is 0.0600. The molecule has 3 rings (SSSR count). The average Bonchev–Trinajstić information content (AvgIpc) is 2.62. The maximum Gasteiger partial charge on any atom is 0.337 e. The Balaban J connectivity index is 2.24. The molecule has 0 N–H and O–H groups in total. The largest absolute Gasteiger partial charge is 0.497 e. The lowest BCUT2D eigenvalue weighted by Crippen LogP contribution is -2.20. The Hall–Kier alpha value is -3.15. The van der Waals surface area contributed by atoms with Gasteiger partial charge in [0.2, 0.25) is 0 Å². The number of ether oxygens (including phenoxy) is 2. The van der Waals surface area contributed by atoms with Crippen molar-refractivity contribution in [3.63, 3.8) is 0 Å². The number of hydrogen-bond acceptors (Lipinski definition) is 5. The second-order valence-corrected chi connectivity index (χ2v) is 5.30. The fraction of sp³-hybridized carbons (Fsp3) is 0.167. The van der Waals surface area contributed by atoms with Gasteiger partial charge in [-0.25, -0.2) is 9.78 Å². The number of carbonyl (C=O) groups is 1. The van der Waals surface area contributed by atoms with E-state index in [2.05, 4.69) is 4.98 Å². The van der Waals surface area contributed by atoms with Crippen LogP contribution in [0.4, 0.5) is 0 Å². The molecule has 0 bridgehead atoms. The lowest BCUT2D eigenvalue weighted by atomic mass is 10.1. The Bertz CT molecular complexity index is 992. The van der Waals surface area contributed by atoms with Crippen molar-refractivity contribution >= 4 is 16.9 Å². The molecule has 0 fully saturated rings. The number of nitrogens with zero attached hydrogens (tertiary/aromatic N) is 2. The first-order valence-electron chi connectivity index (χ1n) is 7.30. The van der Waals surface area contributed by atoms with Gasteiger partial charge in [0, 0.05) is 0 Å². The van der Waals surface area contributed by atoms with E-state index in [4.69, 9.17) is 9.47 Å². The highest BCUT2D eigenvalue weighted by atomic mass is 16.5. The van der Waals surface area contributed by atoms with Crippen molar-refractivity contribution in [3.8, 4) is 11.4 Å². The van der Waals surface area contributed by atoms with Crippen molar-refractivity contribution in [1.82, 2.24) is 9.55 Å². The predicted octanol–water partition coefficient (Wildman–Crippen LogP) is 2.49. The molecule has 1 heterocycles. The van der Waals surface area contributed by atoms with Crippen LogP contribution >= 0.6 is 0 Å². The molecular formula is C18H16N2O4. The maximum atomic E-state index is 12.9. The second kappa shape index (κ2) is 6.16. The maximum absolute atomic E-state index is 12.9. The number of hydrogen-bond donors (Lipinski definition) is 0. The molecule has 6 nitrogen and oxygen atoms in total. The Kier molecular flexibility index (Phi) is 4.04. The SMILES string of the molecule is COC(=O)c1ccc(C)c(-n2cnc3ccc(OC)cc3c2=O)c1. The van der Waals surface area contributed by atoms with Crippen molar-refractivity contribution in [2.75, 3.05) is 14.2 Å². The van der Waals surface area contributed by atoms with Crippen LogP contribution in [0.1, 0.15) is 15.9 Å². The van der Waals surface area contributed by atoms with Crippen molar-refractivity contribution in [2.24, 2.45) is 0 Å². The summed E-state index contributed by atoms with van der Waals surface area (Å²) in [4.78, 5) is 28.9. The van der Waals surface area contributed by atoms with Gasteiger partial charge >= 0.3 is 5.97 Å². The number of benzene rings is 2. The van der Waals surface area contributed by atoms with Gasteiger partial charge in [-0.3, -0.25) is 9.36 Å². The zero-order valence-electron chi connectivity index (χ0n) is 13.6. The molecule has 0 saturated heterocycles. The number of aromatic nitrogens is 2. The van der Waals surface area contributed by atoms with Crippen molar-refractivity contribution in [2.45, 2.75) is 6.92 Å². The third-order valence-corrected chi connectivity index (χ3v) is 3.85. The molecule has 0 aliphatic carbocycles. The van der Waals surface area contributed by atoms with E-state index in [1.54, 1.807) is 43.5 Å². The minimum atomic E-state index is -0.459. The summed E-state index contributed by atoms with van der Waals surface area (Å²) in [7, 11) is 2.86. The van der Waals surface area contributed by atoms with Gasteiger partial charge in [-0.15, -0.1) is 0 Å². The van der Waals surface area contributed by atoms with Gasteiger partial charge in [0.1, 0.15) is 12.1 Å². The molecule has 0 amide bonds. The predicted molar refractivity (Wildman–Crippen MR) is 90.0 cm³/mol. The number of rotatable bonds is 3. The smallest absolute Gasteiger partial charge is 0.337 e. The van der Waals surface area contributed by atoms with Crippen LogP contribution in [0.2, 0.25) is 0 Å². The lowest BCUT2D eigenvalue weighted by Gasteiger charge is -2.11. The van der Waals surface area contributed by atoms with Crippen LogP contribution in [-0.2, 0) is 4.74 Å². The van der Waals surface area contributed by atoms with Gasteiger partial charge in [-0.05, 0) is 42.8 Å². The molecule has 2 aromatic carbocycles. The Morgan fingerprint density at radius 2 is 1.92 bits per heavy atom. The number of carbonyl (C=O) groups excluding carboxylic acids is 1. The standard InChI is InChI=1S/C18H16N2O4/c1-11-4-5-12(18(22)24-3)8-16(11)20-10-19-15-7-6-13(23-2)9-14(15)17(20)21/h4-10H,1-3H3. The zero-order valence-corrected chi connectivity index (χ0v) is 13.6. The Morgan fingerprint density at radius 1 is 1.12 bits per heavy atom. The third kappa shape index (κ3) is 2.62. The molecule has 0 spiro atoms. The van der Waals surface area contributed by atoms with Crippen LogP contribution in [0, 0.1) is 6.92 Å². The minimum Gasteiger partial charge on any atom is -0.497 e. The molecule has 0 aliphatic heterocycles. The normalized spacial score (nSPS) is 10.6. The van der Waals surface area contributed by atoms with Crippen molar-refractivity contribution in [3.05, 3.63) is 64.2 Å². The van der Waals surface area contributed by atoms with Crippen LogP contribution in [0.15, 0.2) is 47.5 Å². The molecule has 3 aromatic rings. The Labute approximate surface area is 138 Å². The van der Waals surface area contributed by atoms with Crippen LogP contribution in [-0.4, -0.2) is 29.7 Å². The zero-order chi connectivity index (χ0) is 17.3. The average molecular weight is 324 g/mol. The molecule has 0 aliphatic rings. The van der Waals surface area contributed by atoms with Crippen LogP contribution in [0.3, 0.4) is 0 Å². The van der Waals surface area contributed by atoms with E-state index in [0.29, 0.717) is 27.9 Å². The molecule has 122 valence electrons. The van der Waals surface area contributed by atoms with E-state index in [1.807, 2.05) is 6.92 Å². The fourth-order valence-corrected chi connectivity index (χ4v) is 2.51. The monoisotopic (exact) mass is 324 g/mol. The summed E-state index contributed by atoms with van der Waals surface area (Å²) < 4.78 is 11.3. The van der Waals surface area contributed by atoms with Crippen molar-refractivity contribution < 1.29 is 14.3 Å².